The van der Waals surface area contributed by atoms with E-state index in [0.717, 1.165) is 17.0 Å². The lowest BCUT2D eigenvalue weighted by Gasteiger charge is -2.06. The predicted octanol–water partition coefficient (Wildman–Crippen LogP) is 3.97. The van der Waals surface area contributed by atoms with Crippen molar-refractivity contribution in [2.24, 2.45) is 0 Å². The van der Waals surface area contributed by atoms with E-state index in [4.69, 9.17) is 4.74 Å². The minimum atomic E-state index is -0.453. The second kappa shape index (κ2) is 7.17. The van der Waals surface area contributed by atoms with Gasteiger partial charge in [0.25, 0.3) is 5.91 Å². The van der Waals surface area contributed by atoms with Gasteiger partial charge in [0.15, 0.2) is 0 Å². The number of methoxy groups -OCH3 is 1. The van der Waals surface area contributed by atoms with E-state index >= 15 is 0 Å². The highest BCUT2D eigenvalue weighted by atomic mass is 19.1. The second-order valence-electron chi connectivity index (χ2n) is 5.43. The Labute approximate surface area is 145 Å². The largest absolute Gasteiger partial charge is 0.497 e. The third-order valence-corrected chi connectivity index (χ3v) is 3.82. The first kappa shape index (κ1) is 16.7. The maximum Gasteiger partial charge on any atom is 0.258 e. The molecule has 0 saturated heterocycles. The van der Waals surface area contributed by atoms with Gasteiger partial charge in [0.2, 0.25) is 5.95 Å². The van der Waals surface area contributed by atoms with Crippen molar-refractivity contribution in [2.45, 2.75) is 13.5 Å². The number of nitrogens with zero attached hydrogens (tertiary/aromatic N) is 2. The van der Waals surface area contributed by atoms with Crippen LogP contribution in [0, 0.1) is 5.82 Å². The lowest BCUT2D eigenvalue weighted by Crippen LogP contribution is -2.15. The van der Waals surface area contributed by atoms with Crippen LogP contribution in [-0.4, -0.2) is 22.6 Å². The number of benzene rings is 2. The van der Waals surface area contributed by atoms with Crippen molar-refractivity contribution in [3.63, 3.8) is 0 Å². The number of carbonyl (C=O) groups is 1. The van der Waals surface area contributed by atoms with E-state index in [1.807, 2.05) is 42.0 Å². The van der Waals surface area contributed by atoms with Crippen LogP contribution >= 0.6 is 0 Å². The third kappa shape index (κ3) is 3.68. The number of aryl methyl sites for hydroxylation is 1. The lowest BCUT2D eigenvalue weighted by atomic mass is 10.2. The molecule has 2 aromatic carbocycles. The Morgan fingerprint density at radius 1 is 1.24 bits per heavy atom. The van der Waals surface area contributed by atoms with Crippen molar-refractivity contribution < 1.29 is 13.9 Å². The summed E-state index contributed by atoms with van der Waals surface area (Å²) in [6.45, 7) is 2.60. The molecule has 0 aliphatic rings. The first-order valence-electron chi connectivity index (χ1n) is 7.89. The molecule has 1 N–H and O–H groups in total. The molecule has 5 nitrogen and oxygen atoms in total. The molecule has 0 radical (unpaired) electrons. The second-order valence-corrected chi connectivity index (χ2v) is 5.43. The van der Waals surface area contributed by atoms with Crippen molar-refractivity contribution in [3.8, 4) is 17.0 Å². The number of nitrogens with one attached hydrogen (secondary N) is 1. The van der Waals surface area contributed by atoms with Crippen LogP contribution in [0.5, 0.6) is 5.75 Å². The number of hydrogen-bond donors (Lipinski definition) is 1. The molecule has 6 heteroatoms. The van der Waals surface area contributed by atoms with Crippen molar-refractivity contribution in [3.05, 3.63) is 66.1 Å². The zero-order chi connectivity index (χ0) is 17.8. The van der Waals surface area contributed by atoms with Gasteiger partial charge >= 0.3 is 0 Å². The van der Waals surface area contributed by atoms with E-state index in [1.54, 1.807) is 13.2 Å². The van der Waals surface area contributed by atoms with Crippen LogP contribution in [-0.2, 0) is 6.54 Å². The molecule has 0 bridgehead atoms. The van der Waals surface area contributed by atoms with Gasteiger partial charge in [0.05, 0.1) is 12.8 Å². The fourth-order valence-electron chi connectivity index (χ4n) is 2.46. The molecule has 0 atom stereocenters. The SMILES string of the molecule is CCn1cc(-c2ccc(OC)cc2)nc1NC(=O)c1cccc(F)c1. The van der Waals surface area contributed by atoms with E-state index in [1.165, 1.54) is 18.2 Å². The van der Waals surface area contributed by atoms with Gasteiger partial charge in [-0.15, -0.1) is 0 Å². The average molecular weight is 339 g/mol. The van der Waals surface area contributed by atoms with E-state index in [2.05, 4.69) is 10.3 Å². The number of halogens is 1. The number of rotatable bonds is 5. The summed E-state index contributed by atoms with van der Waals surface area (Å²) in [6.07, 6.45) is 1.86. The molecule has 0 spiro atoms. The molecule has 1 heterocycles. The Morgan fingerprint density at radius 2 is 2.00 bits per heavy atom. The fourth-order valence-corrected chi connectivity index (χ4v) is 2.46. The molecule has 0 saturated carbocycles. The van der Waals surface area contributed by atoms with E-state index < -0.39 is 11.7 Å². The first-order chi connectivity index (χ1) is 12.1. The smallest absolute Gasteiger partial charge is 0.258 e. The minimum Gasteiger partial charge on any atom is -0.497 e. The van der Waals surface area contributed by atoms with Gasteiger partial charge in [-0.2, -0.15) is 0 Å². The quantitative estimate of drug-likeness (QED) is 0.765. The summed E-state index contributed by atoms with van der Waals surface area (Å²) in [4.78, 5) is 16.8. The normalized spacial score (nSPS) is 10.5. The van der Waals surface area contributed by atoms with Gasteiger partial charge in [-0.25, -0.2) is 9.37 Å². The number of amides is 1. The number of hydrogen-bond acceptors (Lipinski definition) is 3. The highest BCUT2D eigenvalue weighted by Crippen LogP contribution is 2.24. The molecular weight excluding hydrogens is 321 g/mol. The number of anilines is 1. The molecule has 3 aromatic rings. The summed E-state index contributed by atoms with van der Waals surface area (Å²) in [6, 6.07) is 13.1. The summed E-state index contributed by atoms with van der Waals surface area (Å²) >= 11 is 0. The molecule has 128 valence electrons. The van der Waals surface area contributed by atoms with Crippen LogP contribution in [0.15, 0.2) is 54.7 Å². The van der Waals surface area contributed by atoms with Crippen molar-refractivity contribution in [1.82, 2.24) is 9.55 Å². The highest BCUT2D eigenvalue weighted by Gasteiger charge is 2.13. The van der Waals surface area contributed by atoms with Crippen LogP contribution in [0.25, 0.3) is 11.3 Å². The van der Waals surface area contributed by atoms with Crippen LogP contribution in [0.3, 0.4) is 0 Å². The van der Waals surface area contributed by atoms with E-state index in [-0.39, 0.29) is 5.56 Å². The van der Waals surface area contributed by atoms with E-state index in [0.29, 0.717) is 12.5 Å². The Bertz CT molecular complexity index is 888. The number of aromatic nitrogens is 2. The molecule has 1 amide bonds. The maximum absolute atomic E-state index is 13.3. The van der Waals surface area contributed by atoms with Gasteiger partial charge in [-0.3, -0.25) is 10.1 Å². The zero-order valence-electron chi connectivity index (χ0n) is 14.0. The topological polar surface area (TPSA) is 56.1 Å². The molecule has 0 aliphatic heterocycles. The number of carbonyl (C=O) groups excluding carboxylic acids is 1. The number of ether oxygens (including phenoxy) is 1. The Balaban J connectivity index is 1.86. The number of imidazole rings is 1. The zero-order valence-corrected chi connectivity index (χ0v) is 14.0. The first-order valence-corrected chi connectivity index (χ1v) is 7.89. The molecule has 1 aromatic heterocycles. The predicted molar refractivity (Wildman–Crippen MR) is 94.2 cm³/mol. The van der Waals surface area contributed by atoms with Gasteiger partial charge in [0.1, 0.15) is 11.6 Å². The van der Waals surface area contributed by atoms with E-state index in [9.17, 15) is 9.18 Å². The monoisotopic (exact) mass is 339 g/mol. The van der Waals surface area contributed by atoms with Crippen LogP contribution in [0.4, 0.5) is 10.3 Å². The molecule has 25 heavy (non-hydrogen) atoms. The maximum atomic E-state index is 13.3. The Hall–Kier alpha value is -3.15. The third-order valence-electron chi connectivity index (χ3n) is 3.82. The van der Waals surface area contributed by atoms with Crippen LogP contribution < -0.4 is 10.1 Å². The fraction of sp³-hybridized carbons (Fsp3) is 0.158. The Morgan fingerprint density at radius 3 is 2.64 bits per heavy atom. The lowest BCUT2D eigenvalue weighted by molar-refractivity contribution is 0.102. The highest BCUT2D eigenvalue weighted by molar-refractivity contribution is 6.03. The van der Waals surface area contributed by atoms with Crippen molar-refractivity contribution in [2.75, 3.05) is 12.4 Å². The summed E-state index contributed by atoms with van der Waals surface area (Å²) in [5.74, 6) is 0.326. The Kier molecular flexibility index (Phi) is 4.79. The standard InChI is InChI=1S/C19H18FN3O2/c1-3-23-12-17(13-7-9-16(25-2)10-8-13)21-19(23)22-18(24)14-5-4-6-15(20)11-14/h4-12H,3H2,1-2H3,(H,21,22,24). The summed E-state index contributed by atoms with van der Waals surface area (Å²) in [7, 11) is 1.61. The molecule has 0 fully saturated rings. The molecule has 0 unspecified atom stereocenters. The van der Waals surface area contributed by atoms with Crippen molar-refractivity contribution in [1.29, 1.82) is 0 Å². The summed E-state index contributed by atoms with van der Waals surface area (Å²) in [5, 5.41) is 2.74. The summed E-state index contributed by atoms with van der Waals surface area (Å²) in [5.41, 5.74) is 1.89. The average Bonchev–Trinajstić information content (AvgIpc) is 3.04. The van der Waals surface area contributed by atoms with Crippen LogP contribution in [0.2, 0.25) is 0 Å². The van der Waals surface area contributed by atoms with Crippen LogP contribution in [0.1, 0.15) is 17.3 Å². The molecule has 3 rings (SSSR count). The van der Waals surface area contributed by atoms with Crippen molar-refractivity contribution >= 4 is 11.9 Å². The molecular formula is C19H18FN3O2. The van der Waals surface area contributed by atoms with Gasteiger partial charge < -0.3 is 9.30 Å². The van der Waals surface area contributed by atoms with Gasteiger partial charge in [0, 0.05) is 23.9 Å². The molecule has 0 aliphatic carbocycles. The van der Waals surface area contributed by atoms with Gasteiger partial charge in [-0.05, 0) is 49.4 Å². The minimum absolute atomic E-state index is 0.247. The van der Waals surface area contributed by atoms with Gasteiger partial charge in [-0.1, -0.05) is 6.07 Å². The summed E-state index contributed by atoms with van der Waals surface area (Å²) < 4.78 is 20.3.